The molecule has 18 heavy (non-hydrogen) atoms. The number of aromatic carboxylic acids is 1. The van der Waals surface area contributed by atoms with Gasteiger partial charge in [-0.05, 0) is 29.7 Å². The van der Waals surface area contributed by atoms with Crippen LogP contribution in [0.4, 0.5) is 0 Å². The van der Waals surface area contributed by atoms with Crippen molar-refractivity contribution in [3.8, 4) is 11.5 Å². The zero-order valence-corrected chi connectivity index (χ0v) is 10.4. The Morgan fingerprint density at radius 1 is 1.39 bits per heavy atom. The number of benzene rings is 1. The van der Waals surface area contributed by atoms with E-state index in [-0.39, 0.29) is 11.5 Å². The van der Waals surface area contributed by atoms with Crippen molar-refractivity contribution in [1.29, 1.82) is 0 Å². The predicted molar refractivity (Wildman–Crippen MR) is 66.4 cm³/mol. The molecule has 0 spiro atoms. The first-order valence-electron chi connectivity index (χ1n) is 5.15. The van der Waals surface area contributed by atoms with Crippen molar-refractivity contribution in [3.63, 3.8) is 0 Å². The van der Waals surface area contributed by atoms with Crippen molar-refractivity contribution in [2.24, 2.45) is 0 Å². The van der Waals surface area contributed by atoms with Crippen molar-refractivity contribution >= 4 is 17.5 Å². The van der Waals surface area contributed by atoms with E-state index in [9.17, 15) is 4.79 Å². The molecule has 0 aliphatic heterocycles. The third-order valence-electron chi connectivity index (χ3n) is 2.20. The number of ether oxygens (including phenoxy) is 2. The fourth-order valence-corrected chi connectivity index (χ4v) is 1.92. The van der Waals surface area contributed by atoms with Gasteiger partial charge < -0.3 is 14.6 Å². The monoisotopic (exact) mass is 265 g/mol. The van der Waals surface area contributed by atoms with E-state index in [1.165, 1.54) is 6.07 Å². The second-order valence-corrected chi connectivity index (χ2v) is 4.26. The molecular weight excluding hydrogens is 254 g/mol. The minimum Gasteiger partial charge on any atom is -0.497 e. The average Bonchev–Trinajstić information content (AvgIpc) is 2.85. The summed E-state index contributed by atoms with van der Waals surface area (Å²) >= 11 is 0.946. The van der Waals surface area contributed by atoms with Gasteiger partial charge in [-0.15, -0.1) is 0 Å². The summed E-state index contributed by atoms with van der Waals surface area (Å²) < 4.78 is 14.6. The lowest BCUT2D eigenvalue weighted by Crippen LogP contribution is -1.96. The number of carboxylic acid groups (broad SMARTS) is 1. The van der Waals surface area contributed by atoms with Crippen molar-refractivity contribution in [2.45, 2.75) is 6.61 Å². The maximum absolute atomic E-state index is 10.7. The van der Waals surface area contributed by atoms with Gasteiger partial charge in [0.1, 0.15) is 23.0 Å². The number of aromatic nitrogens is 1. The quantitative estimate of drug-likeness (QED) is 0.899. The molecule has 0 aliphatic carbocycles. The zero-order chi connectivity index (χ0) is 13.0. The largest absolute Gasteiger partial charge is 0.497 e. The Kier molecular flexibility index (Phi) is 3.78. The van der Waals surface area contributed by atoms with E-state index >= 15 is 0 Å². The molecule has 1 aromatic heterocycles. The Labute approximate surface area is 108 Å². The Morgan fingerprint density at radius 3 is 2.83 bits per heavy atom. The van der Waals surface area contributed by atoms with E-state index in [2.05, 4.69) is 4.37 Å². The van der Waals surface area contributed by atoms with Crippen LogP contribution >= 0.6 is 11.5 Å². The molecule has 6 heteroatoms. The molecule has 1 aromatic carbocycles. The van der Waals surface area contributed by atoms with E-state index in [1.807, 2.05) is 12.1 Å². The third kappa shape index (κ3) is 2.98. The van der Waals surface area contributed by atoms with Crippen molar-refractivity contribution < 1.29 is 19.4 Å². The van der Waals surface area contributed by atoms with Gasteiger partial charge in [0.25, 0.3) is 0 Å². The molecule has 1 N–H and O–H groups in total. The summed E-state index contributed by atoms with van der Waals surface area (Å²) in [5.74, 6) is 0.386. The molecule has 0 aliphatic rings. The summed E-state index contributed by atoms with van der Waals surface area (Å²) in [5, 5.41) is 8.76. The van der Waals surface area contributed by atoms with Crippen LogP contribution in [0.25, 0.3) is 0 Å². The second kappa shape index (κ2) is 5.50. The fraction of sp³-hybridized carbons (Fsp3) is 0.167. The molecule has 1 heterocycles. The predicted octanol–water partition coefficient (Wildman–Crippen LogP) is 2.43. The molecule has 5 nitrogen and oxygen atoms in total. The fourth-order valence-electron chi connectivity index (χ4n) is 1.33. The highest BCUT2D eigenvalue weighted by molar-refractivity contribution is 7.08. The maximum Gasteiger partial charge on any atom is 0.347 e. The maximum atomic E-state index is 10.7. The van der Waals surface area contributed by atoms with Crippen LogP contribution in [-0.4, -0.2) is 22.6 Å². The van der Waals surface area contributed by atoms with E-state index in [1.54, 1.807) is 19.2 Å². The number of hydrogen-bond acceptors (Lipinski definition) is 5. The van der Waals surface area contributed by atoms with Crippen LogP contribution in [-0.2, 0) is 6.61 Å². The Morgan fingerprint density at radius 2 is 2.17 bits per heavy atom. The molecule has 0 fully saturated rings. The van der Waals surface area contributed by atoms with Gasteiger partial charge in [-0.25, -0.2) is 4.79 Å². The lowest BCUT2D eigenvalue weighted by Gasteiger charge is -2.05. The first kappa shape index (κ1) is 12.4. The van der Waals surface area contributed by atoms with Crippen LogP contribution < -0.4 is 9.47 Å². The van der Waals surface area contributed by atoms with Crippen molar-refractivity contribution in [3.05, 3.63) is 40.9 Å². The van der Waals surface area contributed by atoms with Crippen molar-refractivity contribution in [1.82, 2.24) is 4.37 Å². The molecule has 0 amide bonds. The molecule has 0 saturated carbocycles. The van der Waals surface area contributed by atoms with Gasteiger partial charge in [0.2, 0.25) is 0 Å². The van der Waals surface area contributed by atoms with E-state index < -0.39 is 5.97 Å². The number of carbonyl (C=O) groups is 1. The molecule has 0 bridgehead atoms. The molecular formula is C12H11NO4S. The van der Waals surface area contributed by atoms with Gasteiger partial charge in [0, 0.05) is 6.07 Å². The first-order valence-corrected chi connectivity index (χ1v) is 5.92. The van der Waals surface area contributed by atoms with Crippen LogP contribution in [0, 0.1) is 0 Å². The average molecular weight is 265 g/mol. The highest BCUT2D eigenvalue weighted by Gasteiger charge is 2.08. The summed E-state index contributed by atoms with van der Waals surface area (Å²) in [5.41, 5.74) is 0.597. The van der Waals surface area contributed by atoms with Gasteiger partial charge in [-0.2, -0.15) is 4.37 Å². The minimum absolute atomic E-state index is 0.208. The number of hydrogen-bond donors (Lipinski definition) is 1. The van der Waals surface area contributed by atoms with Crippen LogP contribution in [0.15, 0.2) is 30.3 Å². The molecule has 0 unspecified atom stereocenters. The third-order valence-corrected chi connectivity index (χ3v) is 3.01. The van der Waals surface area contributed by atoms with Crippen molar-refractivity contribution in [2.75, 3.05) is 7.11 Å². The standard InChI is InChI=1S/C12H11NO4S/c1-16-9-3-2-4-10(6-9)17-7-8-5-11(12(14)15)18-13-8/h2-6H,7H2,1H3,(H,14,15). The molecule has 0 atom stereocenters. The number of nitrogens with zero attached hydrogens (tertiary/aromatic N) is 1. The first-order chi connectivity index (χ1) is 8.69. The molecule has 2 aromatic rings. The number of carboxylic acids is 1. The van der Waals surface area contributed by atoms with Gasteiger partial charge in [0.05, 0.1) is 12.8 Å². The normalized spacial score (nSPS) is 10.1. The summed E-state index contributed by atoms with van der Waals surface area (Å²) in [7, 11) is 1.58. The topological polar surface area (TPSA) is 68.7 Å². The zero-order valence-electron chi connectivity index (χ0n) is 9.62. The Balaban J connectivity index is 1.99. The highest BCUT2D eigenvalue weighted by atomic mass is 32.1. The van der Waals surface area contributed by atoms with Gasteiger partial charge in [0.15, 0.2) is 0 Å². The molecule has 94 valence electrons. The molecule has 0 saturated heterocycles. The Bertz CT molecular complexity index is 553. The SMILES string of the molecule is COc1cccc(OCc2cc(C(=O)O)sn2)c1. The smallest absolute Gasteiger partial charge is 0.347 e. The van der Waals surface area contributed by atoms with E-state index in [0.717, 1.165) is 11.5 Å². The van der Waals surface area contributed by atoms with E-state index in [0.29, 0.717) is 17.2 Å². The van der Waals surface area contributed by atoms with Gasteiger partial charge >= 0.3 is 5.97 Å². The summed E-state index contributed by atoms with van der Waals surface area (Å²) in [6.07, 6.45) is 0. The number of rotatable bonds is 5. The lowest BCUT2D eigenvalue weighted by molar-refractivity contribution is 0.0702. The second-order valence-electron chi connectivity index (χ2n) is 3.46. The van der Waals surface area contributed by atoms with Crippen LogP contribution in [0.5, 0.6) is 11.5 Å². The van der Waals surface area contributed by atoms with Crippen LogP contribution in [0.1, 0.15) is 15.4 Å². The summed E-state index contributed by atoms with van der Waals surface area (Å²) in [6.45, 7) is 0.233. The summed E-state index contributed by atoms with van der Waals surface area (Å²) in [6, 6.07) is 8.70. The summed E-state index contributed by atoms with van der Waals surface area (Å²) in [4.78, 5) is 10.9. The Hall–Kier alpha value is -2.08. The van der Waals surface area contributed by atoms with Crippen LogP contribution in [0.3, 0.4) is 0 Å². The molecule has 0 radical (unpaired) electrons. The van der Waals surface area contributed by atoms with Crippen LogP contribution in [0.2, 0.25) is 0 Å². The highest BCUT2D eigenvalue weighted by Crippen LogP contribution is 2.20. The molecule has 2 rings (SSSR count). The van der Waals surface area contributed by atoms with E-state index in [4.69, 9.17) is 14.6 Å². The van der Waals surface area contributed by atoms with Gasteiger partial charge in [-0.1, -0.05) is 6.07 Å². The lowest BCUT2D eigenvalue weighted by atomic mass is 10.3. The number of methoxy groups -OCH3 is 1. The van der Waals surface area contributed by atoms with Gasteiger partial charge in [-0.3, -0.25) is 0 Å². The minimum atomic E-state index is -0.972.